The first-order valence-electron chi connectivity index (χ1n) is 2.90. The Kier molecular flexibility index (Phi) is 1.58. The highest BCUT2D eigenvalue weighted by molar-refractivity contribution is 6.18. The Morgan fingerprint density at radius 1 is 1.71 bits per heavy atom. The molecule has 7 heavy (non-hydrogen) atoms. The average Bonchev–Trinajstić information content (AvgIpc) is 2.44. The van der Waals surface area contributed by atoms with E-state index in [4.69, 9.17) is 11.6 Å². The maximum atomic E-state index is 5.59. The molecule has 0 amide bonds. The second-order valence-corrected chi connectivity index (χ2v) is 2.78. The summed E-state index contributed by atoms with van der Waals surface area (Å²) in [6, 6.07) is 0. The highest BCUT2D eigenvalue weighted by Crippen LogP contribution is 2.36. The van der Waals surface area contributed by atoms with E-state index in [0.717, 1.165) is 17.7 Å². The van der Waals surface area contributed by atoms with Gasteiger partial charge >= 0.3 is 0 Å². The zero-order valence-corrected chi connectivity index (χ0v) is 5.41. The van der Waals surface area contributed by atoms with Gasteiger partial charge in [-0.05, 0) is 24.7 Å². The molecule has 0 spiro atoms. The van der Waals surface area contributed by atoms with E-state index in [1.165, 1.54) is 12.8 Å². The van der Waals surface area contributed by atoms with Crippen LogP contribution in [0, 0.1) is 11.8 Å². The summed E-state index contributed by atoms with van der Waals surface area (Å²) >= 11 is 5.59. The monoisotopic (exact) mass is 118 g/mol. The minimum atomic E-state index is 0.779. The SMILES string of the molecule is C[C@@H](CCl)C1CC1. The number of rotatable bonds is 2. The van der Waals surface area contributed by atoms with Crippen LogP contribution in [0.4, 0.5) is 0 Å². The van der Waals surface area contributed by atoms with E-state index in [1.54, 1.807) is 0 Å². The molecule has 42 valence electrons. The summed E-state index contributed by atoms with van der Waals surface area (Å²) in [4.78, 5) is 0. The predicted octanol–water partition coefficient (Wildman–Crippen LogP) is 2.27. The Morgan fingerprint density at radius 3 is 2.43 bits per heavy atom. The predicted molar refractivity (Wildman–Crippen MR) is 32.6 cm³/mol. The van der Waals surface area contributed by atoms with Crippen molar-refractivity contribution in [2.24, 2.45) is 11.8 Å². The Labute approximate surface area is 49.9 Å². The van der Waals surface area contributed by atoms with Crippen molar-refractivity contribution in [2.75, 3.05) is 5.88 Å². The van der Waals surface area contributed by atoms with E-state index in [2.05, 4.69) is 6.92 Å². The molecule has 1 rings (SSSR count). The van der Waals surface area contributed by atoms with Gasteiger partial charge in [-0.25, -0.2) is 0 Å². The normalized spacial score (nSPS) is 24.9. The quantitative estimate of drug-likeness (QED) is 0.488. The third-order valence-corrected chi connectivity index (χ3v) is 2.16. The molecule has 0 nitrogen and oxygen atoms in total. The van der Waals surface area contributed by atoms with Gasteiger partial charge in [0.1, 0.15) is 0 Å². The van der Waals surface area contributed by atoms with Crippen LogP contribution in [0.5, 0.6) is 0 Å². The van der Waals surface area contributed by atoms with Crippen molar-refractivity contribution < 1.29 is 0 Å². The minimum absolute atomic E-state index is 0.779. The molecule has 0 aliphatic heterocycles. The first kappa shape index (κ1) is 5.43. The van der Waals surface area contributed by atoms with Crippen molar-refractivity contribution in [3.05, 3.63) is 0 Å². The number of hydrogen-bond acceptors (Lipinski definition) is 0. The molecule has 0 radical (unpaired) electrons. The lowest BCUT2D eigenvalue weighted by Crippen LogP contribution is -1.96. The lowest BCUT2D eigenvalue weighted by molar-refractivity contribution is 0.570. The van der Waals surface area contributed by atoms with E-state index in [0.29, 0.717) is 0 Å². The summed E-state index contributed by atoms with van der Waals surface area (Å²) in [6.45, 7) is 2.23. The molecule has 0 bridgehead atoms. The summed E-state index contributed by atoms with van der Waals surface area (Å²) in [7, 11) is 0. The van der Waals surface area contributed by atoms with E-state index in [1.807, 2.05) is 0 Å². The first-order valence-corrected chi connectivity index (χ1v) is 3.44. The number of halogens is 1. The highest BCUT2D eigenvalue weighted by Gasteiger charge is 2.26. The highest BCUT2D eigenvalue weighted by atomic mass is 35.5. The standard InChI is InChI=1S/C6H11Cl/c1-5(4-7)6-2-3-6/h5-6H,2-4H2,1H3/t5-/m0/s1. The van der Waals surface area contributed by atoms with Crippen LogP contribution in [-0.4, -0.2) is 5.88 Å². The van der Waals surface area contributed by atoms with Crippen LogP contribution in [0.25, 0.3) is 0 Å². The molecular formula is C6H11Cl. The maximum absolute atomic E-state index is 5.59. The molecule has 1 aliphatic carbocycles. The largest absolute Gasteiger partial charge is 0.126 e. The Hall–Kier alpha value is 0.290. The lowest BCUT2D eigenvalue weighted by atomic mass is 10.1. The number of alkyl halides is 1. The molecule has 0 aromatic heterocycles. The molecule has 0 aromatic rings. The molecule has 0 heterocycles. The molecular weight excluding hydrogens is 108 g/mol. The molecule has 1 saturated carbocycles. The lowest BCUT2D eigenvalue weighted by Gasteiger charge is -2.00. The molecule has 1 fully saturated rings. The second-order valence-electron chi connectivity index (χ2n) is 2.47. The summed E-state index contributed by atoms with van der Waals surface area (Å²) < 4.78 is 0. The molecule has 0 aromatic carbocycles. The van der Waals surface area contributed by atoms with E-state index >= 15 is 0 Å². The average molecular weight is 119 g/mol. The van der Waals surface area contributed by atoms with Crippen LogP contribution in [-0.2, 0) is 0 Å². The van der Waals surface area contributed by atoms with Crippen molar-refractivity contribution in [1.29, 1.82) is 0 Å². The molecule has 0 unspecified atom stereocenters. The first-order chi connectivity index (χ1) is 3.34. The zero-order chi connectivity index (χ0) is 5.28. The van der Waals surface area contributed by atoms with Crippen molar-refractivity contribution >= 4 is 11.6 Å². The zero-order valence-electron chi connectivity index (χ0n) is 4.65. The third kappa shape index (κ3) is 1.34. The fourth-order valence-electron chi connectivity index (χ4n) is 0.791. The van der Waals surface area contributed by atoms with E-state index in [9.17, 15) is 0 Å². The summed E-state index contributed by atoms with van der Waals surface area (Å²) in [5, 5.41) is 0. The molecule has 0 N–H and O–H groups in total. The fraction of sp³-hybridized carbons (Fsp3) is 1.00. The maximum Gasteiger partial charge on any atom is 0.0251 e. The van der Waals surface area contributed by atoms with Crippen molar-refractivity contribution in [3.63, 3.8) is 0 Å². The van der Waals surface area contributed by atoms with Gasteiger partial charge in [-0.3, -0.25) is 0 Å². The van der Waals surface area contributed by atoms with Gasteiger partial charge in [0.25, 0.3) is 0 Å². The summed E-state index contributed by atoms with van der Waals surface area (Å²) in [6.07, 6.45) is 2.85. The van der Waals surface area contributed by atoms with Crippen LogP contribution < -0.4 is 0 Å². The van der Waals surface area contributed by atoms with Crippen molar-refractivity contribution in [1.82, 2.24) is 0 Å². The Balaban J connectivity index is 2.10. The summed E-state index contributed by atoms with van der Waals surface area (Å²) in [5.41, 5.74) is 0. The van der Waals surface area contributed by atoms with Crippen LogP contribution in [0.15, 0.2) is 0 Å². The van der Waals surface area contributed by atoms with Crippen LogP contribution in [0.2, 0.25) is 0 Å². The van der Waals surface area contributed by atoms with E-state index < -0.39 is 0 Å². The van der Waals surface area contributed by atoms with Crippen molar-refractivity contribution in [3.8, 4) is 0 Å². The fourth-order valence-corrected chi connectivity index (χ4v) is 1.04. The molecule has 1 heteroatoms. The molecule has 0 saturated heterocycles. The third-order valence-electron chi connectivity index (χ3n) is 1.67. The smallest absolute Gasteiger partial charge is 0.0251 e. The van der Waals surface area contributed by atoms with Gasteiger partial charge in [-0.2, -0.15) is 0 Å². The van der Waals surface area contributed by atoms with Gasteiger partial charge < -0.3 is 0 Å². The number of hydrogen-bond donors (Lipinski definition) is 0. The molecule has 1 atom stereocenters. The Bertz CT molecular complexity index is 57.2. The topological polar surface area (TPSA) is 0 Å². The van der Waals surface area contributed by atoms with Gasteiger partial charge in [0.2, 0.25) is 0 Å². The van der Waals surface area contributed by atoms with Gasteiger partial charge in [0, 0.05) is 5.88 Å². The van der Waals surface area contributed by atoms with Crippen LogP contribution in [0.3, 0.4) is 0 Å². The minimum Gasteiger partial charge on any atom is -0.126 e. The van der Waals surface area contributed by atoms with Crippen molar-refractivity contribution in [2.45, 2.75) is 19.8 Å². The Morgan fingerprint density at radius 2 is 2.29 bits per heavy atom. The molecule has 1 aliphatic rings. The van der Waals surface area contributed by atoms with Crippen LogP contribution in [0.1, 0.15) is 19.8 Å². The van der Waals surface area contributed by atoms with E-state index in [-0.39, 0.29) is 0 Å². The van der Waals surface area contributed by atoms with Gasteiger partial charge in [0.15, 0.2) is 0 Å². The van der Waals surface area contributed by atoms with Crippen LogP contribution >= 0.6 is 11.6 Å². The summed E-state index contributed by atoms with van der Waals surface area (Å²) in [5.74, 6) is 2.61. The van der Waals surface area contributed by atoms with Gasteiger partial charge in [-0.1, -0.05) is 6.92 Å². The second kappa shape index (κ2) is 2.04. The van der Waals surface area contributed by atoms with Gasteiger partial charge in [0.05, 0.1) is 0 Å². The van der Waals surface area contributed by atoms with Gasteiger partial charge in [-0.15, -0.1) is 11.6 Å².